The minimum atomic E-state index is -0.714. The van der Waals surface area contributed by atoms with Gasteiger partial charge in [-0.1, -0.05) is 43.0 Å². The van der Waals surface area contributed by atoms with Gasteiger partial charge in [0.25, 0.3) is 11.7 Å². The number of hydrogen-bond donors (Lipinski definition) is 2. The maximum Gasteiger partial charge on any atom is 0.295 e. The first kappa shape index (κ1) is 21.0. The molecule has 162 valence electrons. The van der Waals surface area contributed by atoms with Crippen LogP contribution in [0.3, 0.4) is 0 Å². The van der Waals surface area contributed by atoms with Crippen LogP contribution >= 0.6 is 0 Å². The minimum absolute atomic E-state index is 0.0603. The first-order valence-electron chi connectivity index (χ1n) is 10.7. The van der Waals surface area contributed by atoms with Gasteiger partial charge in [-0.2, -0.15) is 0 Å². The van der Waals surface area contributed by atoms with Gasteiger partial charge in [-0.3, -0.25) is 9.59 Å². The van der Waals surface area contributed by atoms with Gasteiger partial charge in [0.1, 0.15) is 17.3 Å². The molecule has 0 bridgehead atoms. The van der Waals surface area contributed by atoms with Crippen LogP contribution < -0.4 is 4.74 Å². The van der Waals surface area contributed by atoms with Gasteiger partial charge in [0.15, 0.2) is 0 Å². The van der Waals surface area contributed by atoms with Gasteiger partial charge in [0, 0.05) is 6.04 Å². The molecule has 2 aromatic carbocycles. The van der Waals surface area contributed by atoms with E-state index in [1.807, 2.05) is 13.0 Å². The van der Waals surface area contributed by atoms with E-state index < -0.39 is 17.7 Å². The molecule has 6 nitrogen and oxygen atoms in total. The van der Waals surface area contributed by atoms with Crippen molar-refractivity contribution in [3.63, 3.8) is 0 Å². The van der Waals surface area contributed by atoms with Crippen LogP contribution in [0.2, 0.25) is 0 Å². The summed E-state index contributed by atoms with van der Waals surface area (Å²) in [6, 6.07) is 11.0. The number of likely N-dealkylation sites (tertiary alicyclic amines) is 1. The smallest absolute Gasteiger partial charge is 0.295 e. The van der Waals surface area contributed by atoms with Gasteiger partial charge < -0.3 is 19.8 Å². The monoisotopic (exact) mass is 421 g/mol. The summed E-state index contributed by atoms with van der Waals surface area (Å²) in [4.78, 5) is 28.0. The number of methoxy groups -OCH3 is 1. The zero-order chi connectivity index (χ0) is 22.1. The Morgan fingerprint density at radius 2 is 1.71 bits per heavy atom. The van der Waals surface area contributed by atoms with E-state index in [9.17, 15) is 19.8 Å². The summed E-state index contributed by atoms with van der Waals surface area (Å²) in [5.41, 5.74) is 2.01. The molecular formula is C25H27NO5. The number of ether oxygens (including phenoxy) is 1. The van der Waals surface area contributed by atoms with Gasteiger partial charge in [-0.15, -0.1) is 0 Å². The van der Waals surface area contributed by atoms with E-state index in [2.05, 4.69) is 0 Å². The number of rotatable bonds is 4. The molecule has 1 saturated heterocycles. The number of carbonyl (C=O) groups excluding carboxylic acids is 2. The summed E-state index contributed by atoms with van der Waals surface area (Å²) in [5, 5.41) is 21.0. The maximum atomic E-state index is 13.2. The van der Waals surface area contributed by atoms with Crippen LogP contribution in [0, 0.1) is 6.92 Å². The van der Waals surface area contributed by atoms with Gasteiger partial charge in [-0.25, -0.2) is 0 Å². The highest BCUT2D eigenvalue weighted by Crippen LogP contribution is 2.44. The molecule has 2 fully saturated rings. The Labute approximate surface area is 181 Å². The molecule has 0 radical (unpaired) electrons. The Morgan fingerprint density at radius 1 is 1.03 bits per heavy atom. The fraction of sp³-hybridized carbons (Fsp3) is 0.360. The van der Waals surface area contributed by atoms with Crippen molar-refractivity contribution in [3.05, 3.63) is 64.7 Å². The lowest BCUT2D eigenvalue weighted by Gasteiger charge is -2.35. The summed E-state index contributed by atoms with van der Waals surface area (Å²) in [6.07, 6.45) is 4.78. The molecule has 1 heterocycles. The van der Waals surface area contributed by atoms with Gasteiger partial charge in [0.2, 0.25) is 0 Å². The molecule has 2 N–H and O–H groups in total. The second-order valence-electron chi connectivity index (χ2n) is 8.29. The first-order valence-corrected chi connectivity index (χ1v) is 10.7. The third-order valence-electron chi connectivity index (χ3n) is 6.27. The molecule has 2 aromatic rings. The number of phenols is 1. The average Bonchev–Trinajstić information content (AvgIpc) is 3.05. The zero-order valence-corrected chi connectivity index (χ0v) is 17.8. The van der Waals surface area contributed by atoms with E-state index in [1.165, 1.54) is 19.2 Å². The number of aliphatic hydroxyl groups excluding tert-OH is 1. The maximum absolute atomic E-state index is 13.2. The molecule has 4 rings (SSSR count). The number of ketones is 1. The van der Waals surface area contributed by atoms with Crippen LogP contribution in [-0.4, -0.2) is 40.0 Å². The third kappa shape index (κ3) is 3.78. The molecule has 1 saturated carbocycles. The lowest BCUT2D eigenvalue weighted by molar-refractivity contribution is -0.141. The van der Waals surface area contributed by atoms with Gasteiger partial charge in [0.05, 0.1) is 24.3 Å². The Morgan fingerprint density at radius 3 is 2.35 bits per heavy atom. The van der Waals surface area contributed by atoms with Crippen molar-refractivity contribution in [2.45, 2.75) is 51.1 Å². The summed E-state index contributed by atoms with van der Waals surface area (Å²) < 4.78 is 5.41. The summed E-state index contributed by atoms with van der Waals surface area (Å²) >= 11 is 0. The van der Waals surface area contributed by atoms with Gasteiger partial charge in [-0.05, 0) is 49.6 Å². The van der Waals surface area contributed by atoms with E-state index in [0.29, 0.717) is 16.9 Å². The second kappa shape index (κ2) is 8.46. The molecule has 1 unspecified atom stereocenters. The normalized spacial score (nSPS) is 21.5. The standard InChI is InChI=1S/C25H27NO5/c1-15-8-13-20(31-2)19(14-15)23(28)21-22(16-9-11-18(27)12-10-16)26(25(30)24(21)29)17-6-4-3-5-7-17/h8-14,17,22,27-28H,3-7H2,1-2H3/b23-21+. The molecule has 0 aromatic heterocycles. The number of aryl methyl sites for hydroxylation is 1. The van der Waals surface area contributed by atoms with E-state index in [0.717, 1.165) is 37.7 Å². The highest BCUT2D eigenvalue weighted by molar-refractivity contribution is 6.46. The molecule has 1 amide bonds. The molecular weight excluding hydrogens is 394 g/mol. The van der Waals surface area contributed by atoms with Crippen molar-refractivity contribution in [1.29, 1.82) is 0 Å². The van der Waals surface area contributed by atoms with E-state index in [1.54, 1.807) is 29.2 Å². The molecule has 0 spiro atoms. The quantitative estimate of drug-likeness (QED) is 0.432. The Balaban J connectivity index is 1.91. The number of aromatic hydroxyl groups is 1. The van der Waals surface area contributed by atoms with Gasteiger partial charge >= 0.3 is 0 Å². The molecule has 1 aliphatic heterocycles. The lowest BCUT2D eigenvalue weighted by Crippen LogP contribution is -2.40. The molecule has 31 heavy (non-hydrogen) atoms. The predicted molar refractivity (Wildman–Crippen MR) is 117 cm³/mol. The SMILES string of the molecule is COc1ccc(C)cc1/C(O)=C1\C(=O)C(=O)N(C2CCCCC2)C1c1ccc(O)cc1. The average molecular weight is 421 g/mol. The highest BCUT2D eigenvalue weighted by atomic mass is 16.5. The number of nitrogens with zero attached hydrogens (tertiary/aromatic N) is 1. The summed E-state index contributed by atoms with van der Waals surface area (Å²) in [5.74, 6) is -0.992. The van der Waals surface area contributed by atoms with Crippen molar-refractivity contribution in [1.82, 2.24) is 4.90 Å². The molecule has 1 atom stereocenters. The molecule has 2 aliphatic rings. The van der Waals surface area contributed by atoms with E-state index in [-0.39, 0.29) is 23.1 Å². The van der Waals surface area contributed by atoms with Crippen molar-refractivity contribution in [2.24, 2.45) is 0 Å². The minimum Gasteiger partial charge on any atom is -0.508 e. The fourth-order valence-electron chi connectivity index (χ4n) is 4.72. The topological polar surface area (TPSA) is 87.1 Å². The van der Waals surface area contributed by atoms with Crippen molar-refractivity contribution >= 4 is 17.4 Å². The molecule has 6 heteroatoms. The van der Waals surface area contributed by atoms with Crippen molar-refractivity contribution < 1.29 is 24.5 Å². The number of benzene rings is 2. The van der Waals surface area contributed by atoms with Crippen LogP contribution in [0.15, 0.2) is 48.0 Å². The number of hydrogen-bond acceptors (Lipinski definition) is 5. The predicted octanol–water partition coefficient (Wildman–Crippen LogP) is 4.46. The van der Waals surface area contributed by atoms with E-state index in [4.69, 9.17) is 4.74 Å². The Kier molecular flexibility index (Phi) is 5.72. The third-order valence-corrected chi connectivity index (χ3v) is 6.27. The number of amides is 1. The molecule has 1 aliphatic carbocycles. The number of phenolic OH excluding ortho intramolecular Hbond substituents is 1. The van der Waals surface area contributed by atoms with Crippen LogP contribution in [0.5, 0.6) is 11.5 Å². The highest BCUT2D eigenvalue weighted by Gasteiger charge is 2.49. The van der Waals surface area contributed by atoms with E-state index >= 15 is 0 Å². The Bertz CT molecular complexity index is 1030. The lowest BCUT2D eigenvalue weighted by atomic mass is 9.90. The summed E-state index contributed by atoms with van der Waals surface area (Å²) in [6.45, 7) is 1.88. The van der Waals surface area contributed by atoms with Crippen LogP contribution in [0.25, 0.3) is 5.76 Å². The zero-order valence-electron chi connectivity index (χ0n) is 17.8. The summed E-state index contributed by atoms with van der Waals surface area (Å²) in [7, 11) is 1.50. The first-order chi connectivity index (χ1) is 14.9. The van der Waals surface area contributed by atoms with Crippen LogP contribution in [0.1, 0.15) is 54.8 Å². The fourth-order valence-corrected chi connectivity index (χ4v) is 4.72. The van der Waals surface area contributed by atoms with Crippen molar-refractivity contribution in [2.75, 3.05) is 7.11 Å². The Hall–Kier alpha value is -3.28. The largest absolute Gasteiger partial charge is 0.508 e. The van der Waals surface area contributed by atoms with Crippen molar-refractivity contribution in [3.8, 4) is 11.5 Å². The second-order valence-corrected chi connectivity index (χ2v) is 8.29. The van der Waals surface area contributed by atoms with Crippen LogP contribution in [-0.2, 0) is 9.59 Å². The van der Waals surface area contributed by atoms with Crippen LogP contribution in [0.4, 0.5) is 0 Å². The number of carbonyl (C=O) groups is 2. The number of aliphatic hydroxyl groups is 1. The number of Topliss-reactive ketones (excluding diaryl/α,β-unsaturated/α-hetero) is 1.